The van der Waals surface area contributed by atoms with Crippen LogP contribution in [-0.4, -0.2) is 39.9 Å². The second-order valence-electron chi connectivity index (χ2n) is 5.10. The molecule has 92 valence electrons. The molecular weight excluding hydrogens is 212 g/mol. The number of nitrogens with one attached hydrogen (secondary N) is 1. The molecule has 1 aliphatic heterocycles. The van der Waals surface area contributed by atoms with Crippen LogP contribution in [0.25, 0.3) is 6.20 Å². The Labute approximate surface area is 102 Å². The Morgan fingerprint density at radius 3 is 3.06 bits per heavy atom. The molecular formula is C13H20N4. The number of likely N-dealkylation sites (tertiary alicyclic amines) is 1. The summed E-state index contributed by atoms with van der Waals surface area (Å²) in [6.07, 6.45) is 9.76. The SMILES string of the molecule is C=Cn1cc(CNC2CCN(C3CC3)C2)cn1. The maximum absolute atomic E-state index is 4.18. The lowest BCUT2D eigenvalue weighted by molar-refractivity contribution is 0.317. The first-order valence-electron chi connectivity index (χ1n) is 6.48. The summed E-state index contributed by atoms with van der Waals surface area (Å²) >= 11 is 0. The van der Waals surface area contributed by atoms with E-state index in [0.29, 0.717) is 6.04 Å². The van der Waals surface area contributed by atoms with Gasteiger partial charge in [0.1, 0.15) is 0 Å². The normalized spacial score (nSPS) is 25.3. The molecule has 2 aliphatic rings. The average molecular weight is 232 g/mol. The molecule has 1 saturated carbocycles. The van der Waals surface area contributed by atoms with Crippen LogP contribution in [0.3, 0.4) is 0 Å². The Morgan fingerprint density at radius 1 is 1.47 bits per heavy atom. The Bertz CT molecular complexity index is 394. The fourth-order valence-electron chi connectivity index (χ4n) is 2.56. The largest absolute Gasteiger partial charge is 0.308 e. The van der Waals surface area contributed by atoms with Gasteiger partial charge in [-0.15, -0.1) is 0 Å². The molecule has 2 fully saturated rings. The third-order valence-corrected chi connectivity index (χ3v) is 3.72. The first kappa shape index (κ1) is 11.0. The Kier molecular flexibility index (Phi) is 2.99. The van der Waals surface area contributed by atoms with E-state index < -0.39 is 0 Å². The van der Waals surface area contributed by atoms with Crippen molar-refractivity contribution in [3.63, 3.8) is 0 Å². The highest BCUT2D eigenvalue weighted by Gasteiger charge is 2.33. The van der Waals surface area contributed by atoms with Crippen molar-refractivity contribution in [2.45, 2.75) is 37.9 Å². The van der Waals surface area contributed by atoms with Gasteiger partial charge in [-0.1, -0.05) is 6.58 Å². The van der Waals surface area contributed by atoms with Gasteiger partial charge in [0.25, 0.3) is 0 Å². The Morgan fingerprint density at radius 2 is 2.35 bits per heavy atom. The van der Waals surface area contributed by atoms with E-state index in [4.69, 9.17) is 0 Å². The van der Waals surface area contributed by atoms with Gasteiger partial charge in [0, 0.05) is 49.7 Å². The maximum Gasteiger partial charge on any atom is 0.0538 e. The maximum atomic E-state index is 4.18. The van der Waals surface area contributed by atoms with Crippen LogP contribution < -0.4 is 5.32 Å². The highest BCUT2D eigenvalue weighted by molar-refractivity contribution is 5.17. The second kappa shape index (κ2) is 4.63. The van der Waals surface area contributed by atoms with Crippen LogP contribution in [0.1, 0.15) is 24.8 Å². The van der Waals surface area contributed by atoms with Gasteiger partial charge in [-0.05, 0) is 19.3 Å². The highest BCUT2D eigenvalue weighted by atomic mass is 15.3. The van der Waals surface area contributed by atoms with E-state index in [-0.39, 0.29) is 0 Å². The summed E-state index contributed by atoms with van der Waals surface area (Å²) < 4.78 is 1.75. The summed E-state index contributed by atoms with van der Waals surface area (Å²) in [7, 11) is 0. The molecule has 1 saturated heterocycles. The zero-order chi connectivity index (χ0) is 11.7. The monoisotopic (exact) mass is 232 g/mol. The van der Waals surface area contributed by atoms with Gasteiger partial charge < -0.3 is 5.32 Å². The number of rotatable bonds is 5. The first-order valence-corrected chi connectivity index (χ1v) is 6.48. The molecule has 1 aliphatic carbocycles. The van der Waals surface area contributed by atoms with Crippen LogP contribution in [0.2, 0.25) is 0 Å². The lowest BCUT2D eigenvalue weighted by Gasteiger charge is -2.15. The summed E-state index contributed by atoms with van der Waals surface area (Å²) in [6, 6.07) is 1.56. The number of aromatic nitrogens is 2. The van der Waals surface area contributed by atoms with E-state index in [2.05, 4.69) is 21.9 Å². The van der Waals surface area contributed by atoms with Crippen molar-refractivity contribution in [1.29, 1.82) is 0 Å². The standard InChI is InChI=1S/C13H20N4/c1-2-17-9-11(8-15-17)7-14-12-5-6-16(10-12)13-3-4-13/h2,8-9,12-14H,1,3-7,10H2. The number of nitrogens with zero attached hydrogens (tertiary/aromatic N) is 3. The van der Waals surface area contributed by atoms with Crippen LogP contribution in [-0.2, 0) is 6.54 Å². The van der Waals surface area contributed by atoms with Crippen LogP contribution >= 0.6 is 0 Å². The lowest BCUT2D eigenvalue weighted by atomic mass is 10.2. The summed E-state index contributed by atoms with van der Waals surface area (Å²) in [5.74, 6) is 0. The van der Waals surface area contributed by atoms with Gasteiger partial charge in [-0.3, -0.25) is 4.90 Å². The molecule has 4 heteroatoms. The quantitative estimate of drug-likeness (QED) is 0.831. The number of hydrogen-bond donors (Lipinski definition) is 1. The van der Waals surface area contributed by atoms with Crippen molar-refractivity contribution in [2.75, 3.05) is 13.1 Å². The van der Waals surface area contributed by atoms with Crippen LogP contribution in [0.15, 0.2) is 19.0 Å². The van der Waals surface area contributed by atoms with Crippen molar-refractivity contribution in [3.05, 3.63) is 24.5 Å². The van der Waals surface area contributed by atoms with Gasteiger partial charge in [-0.2, -0.15) is 5.10 Å². The highest BCUT2D eigenvalue weighted by Crippen LogP contribution is 2.29. The summed E-state index contributed by atoms with van der Waals surface area (Å²) in [5.41, 5.74) is 1.23. The van der Waals surface area contributed by atoms with Crippen molar-refractivity contribution < 1.29 is 0 Å². The Balaban J connectivity index is 1.46. The molecule has 2 heterocycles. The molecule has 0 bridgehead atoms. The average Bonchev–Trinajstić information content (AvgIpc) is 2.93. The predicted octanol–water partition coefficient (Wildman–Crippen LogP) is 1.31. The van der Waals surface area contributed by atoms with E-state index in [0.717, 1.165) is 12.6 Å². The zero-order valence-electron chi connectivity index (χ0n) is 10.2. The fourth-order valence-corrected chi connectivity index (χ4v) is 2.56. The van der Waals surface area contributed by atoms with E-state index in [1.165, 1.54) is 37.9 Å². The van der Waals surface area contributed by atoms with Gasteiger partial charge >= 0.3 is 0 Å². The molecule has 4 nitrogen and oxygen atoms in total. The molecule has 1 aromatic rings. The predicted molar refractivity (Wildman–Crippen MR) is 68.5 cm³/mol. The molecule has 1 N–H and O–H groups in total. The van der Waals surface area contributed by atoms with Gasteiger partial charge in [-0.25, -0.2) is 4.68 Å². The molecule has 0 spiro atoms. The van der Waals surface area contributed by atoms with Crippen molar-refractivity contribution in [1.82, 2.24) is 20.0 Å². The topological polar surface area (TPSA) is 33.1 Å². The minimum absolute atomic E-state index is 0.655. The van der Waals surface area contributed by atoms with E-state index >= 15 is 0 Å². The molecule has 0 aromatic carbocycles. The van der Waals surface area contributed by atoms with Crippen LogP contribution in [0.5, 0.6) is 0 Å². The summed E-state index contributed by atoms with van der Waals surface area (Å²) in [5, 5.41) is 7.80. The van der Waals surface area contributed by atoms with Gasteiger partial charge in [0.05, 0.1) is 6.20 Å². The van der Waals surface area contributed by atoms with Gasteiger partial charge in [0.15, 0.2) is 0 Å². The van der Waals surface area contributed by atoms with Crippen molar-refractivity contribution in [3.8, 4) is 0 Å². The smallest absolute Gasteiger partial charge is 0.0538 e. The van der Waals surface area contributed by atoms with E-state index in [1.54, 1.807) is 10.9 Å². The zero-order valence-corrected chi connectivity index (χ0v) is 10.2. The van der Waals surface area contributed by atoms with E-state index in [1.807, 2.05) is 12.4 Å². The van der Waals surface area contributed by atoms with Crippen molar-refractivity contribution >= 4 is 6.20 Å². The summed E-state index contributed by atoms with van der Waals surface area (Å²) in [6.45, 7) is 7.10. The minimum Gasteiger partial charge on any atom is -0.308 e. The molecule has 0 amide bonds. The molecule has 17 heavy (non-hydrogen) atoms. The van der Waals surface area contributed by atoms with E-state index in [9.17, 15) is 0 Å². The third-order valence-electron chi connectivity index (χ3n) is 3.72. The number of hydrogen-bond acceptors (Lipinski definition) is 3. The van der Waals surface area contributed by atoms with Gasteiger partial charge in [0.2, 0.25) is 0 Å². The third kappa shape index (κ3) is 2.58. The Hall–Kier alpha value is -1.13. The molecule has 3 rings (SSSR count). The van der Waals surface area contributed by atoms with Crippen LogP contribution in [0.4, 0.5) is 0 Å². The lowest BCUT2D eigenvalue weighted by Crippen LogP contribution is -2.32. The van der Waals surface area contributed by atoms with Crippen LogP contribution in [0, 0.1) is 0 Å². The minimum atomic E-state index is 0.655. The molecule has 0 radical (unpaired) electrons. The van der Waals surface area contributed by atoms with Crippen molar-refractivity contribution in [2.24, 2.45) is 0 Å². The summed E-state index contributed by atoms with van der Waals surface area (Å²) in [4.78, 5) is 2.63. The fraction of sp³-hybridized carbons (Fsp3) is 0.615. The first-order chi connectivity index (χ1) is 8.35. The second-order valence-corrected chi connectivity index (χ2v) is 5.10. The molecule has 1 atom stereocenters. The molecule has 1 unspecified atom stereocenters. The molecule has 1 aromatic heterocycles.